The quantitative estimate of drug-likeness (QED) is 0.396. The summed E-state index contributed by atoms with van der Waals surface area (Å²) >= 11 is 0. The zero-order chi connectivity index (χ0) is 9.23. The molecule has 2 radical (unpaired) electrons. The molecule has 0 aromatic carbocycles. The molecule has 0 rings (SSSR count). The molecule has 0 aromatic rings. The van der Waals surface area contributed by atoms with E-state index in [-0.39, 0.29) is 5.41 Å². The zero-order valence-corrected chi connectivity index (χ0v) is 8.28. The van der Waals surface area contributed by atoms with E-state index in [1.54, 1.807) is 0 Å². The Morgan fingerprint density at radius 2 is 1.55 bits per heavy atom. The third-order valence-corrected chi connectivity index (χ3v) is 1.77. The first-order chi connectivity index (χ1) is 4.76. The molecule has 1 heteroatoms. The Hall–Kier alpha value is -0.455. The summed E-state index contributed by atoms with van der Waals surface area (Å²) < 4.78 is 0. The fourth-order valence-corrected chi connectivity index (χ4v) is 0.706. The van der Waals surface area contributed by atoms with Gasteiger partial charge in [-0.25, -0.2) is 0 Å². The maximum atomic E-state index is 5.83. The predicted molar refractivity (Wildman–Crippen MR) is 52.7 cm³/mol. The van der Waals surface area contributed by atoms with E-state index in [1.165, 1.54) is 0 Å². The standard InChI is InChI=1S/C10H17B/c1-7(2)9(11)8(3)10(4,5)6/h3H2,1-2,4-6H3. The van der Waals surface area contributed by atoms with Crippen LogP contribution in [-0.4, -0.2) is 7.85 Å². The lowest BCUT2D eigenvalue weighted by molar-refractivity contribution is 0.516. The van der Waals surface area contributed by atoms with Crippen LogP contribution in [0.5, 0.6) is 0 Å². The summed E-state index contributed by atoms with van der Waals surface area (Å²) in [6, 6.07) is 0. The van der Waals surface area contributed by atoms with E-state index >= 15 is 0 Å². The van der Waals surface area contributed by atoms with Gasteiger partial charge in [0.15, 0.2) is 0 Å². The smallest absolute Gasteiger partial charge is 0.0959 e. The van der Waals surface area contributed by atoms with Gasteiger partial charge in [0.25, 0.3) is 0 Å². The van der Waals surface area contributed by atoms with Gasteiger partial charge in [0, 0.05) is 0 Å². The molecule has 0 atom stereocenters. The molecule has 0 amide bonds. The number of hydrogen-bond acceptors (Lipinski definition) is 0. The van der Waals surface area contributed by atoms with Crippen molar-refractivity contribution in [1.29, 1.82) is 0 Å². The van der Waals surface area contributed by atoms with E-state index in [9.17, 15) is 0 Å². The molecule has 0 fully saturated rings. The van der Waals surface area contributed by atoms with E-state index in [1.807, 2.05) is 13.8 Å². The Kier molecular flexibility index (Phi) is 3.16. The van der Waals surface area contributed by atoms with Gasteiger partial charge in [-0.2, -0.15) is 0 Å². The van der Waals surface area contributed by atoms with Gasteiger partial charge in [-0.1, -0.05) is 44.0 Å². The normalized spacial score (nSPS) is 11.0. The van der Waals surface area contributed by atoms with Gasteiger partial charge in [-0.15, -0.1) is 0 Å². The fourth-order valence-electron chi connectivity index (χ4n) is 0.706. The molecular formula is C10H17B. The minimum absolute atomic E-state index is 0.0847. The molecule has 0 aromatic heterocycles. The molecule has 0 saturated carbocycles. The van der Waals surface area contributed by atoms with Gasteiger partial charge in [0.2, 0.25) is 0 Å². The fraction of sp³-hybridized carbons (Fsp3) is 0.600. The average Bonchev–Trinajstić information content (AvgIpc) is 1.82. The van der Waals surface area contributed by atoms with Crippen LogP contribution in [-0.2, 0) is 0 Å². The van der Waals surface area contributed by atoms with Crippen LogP contribution in [0.25, 0.3) is 0 Å². The highest BCUT2D eigenvalue weighted by Gasteiger charge is 2.15. The zero-order valence-electron chi connectivity index (χ0n) is 8.28. The third-order valence-electron chi connectivity index (χ3n) is 1.77. The molecule has 0 heterocycles. The van der Waals surface area contributed by atoms with Crippen LogP contribution in [0.3, 0.4) is 0 Å². The molecule has 0 spiro atoms. The van der Waals surface area contributed by atoms with Gasteiger partial charge < -0.3 is 0 Å². The first-order valence-electron chi connectivity index (χ1n) is 3.89. The second-order valence-electron chi connectivity index (χ2n) is 4.14. The molecule has 0 aliphatic carbocycles. The second-order valence-corrected chi connectivity index (χ2v) is 4.14. The average molecular weight is 148 g/mol. The monoisotopic (exact) mass is 148 g/mol. The number of hydrogen-bond donors (Lipinski definition) is 0. The van der Waals surface area contributed by atoms with Crippen molar-refractivity contribution in [2.24, 2.45) is 5.41 Å². The minimum atomic E-state index is 0.0847. The van der Waals surface area contributed by atoms with Crippen molar-refractivity contribution in [3.63, 3.8) is 0 Å². The lowest BCUT2D eigenvalue weighted by Crippen LogP contribution is -2.11. The maximum absolute atomic E-state index is 5.83. The van der Waals surface area contributed by atoms with E-state index in [2.05, 4.69) is 27.4 Å². The van der Waals surface area contributed by atoms with Crippen molar-refractivity contribution in [2.75, 3.05) is 0 Å². The van der Waals surface area contributed by atoms with Gasteiger partial charge >= 0.3 is 0 Å². The predicted octanol–water partition coefficient (Wildman–Crippen LogP) is 3.05. The molecule has 0 unspecified atom stereocenters. The van der Waals surface area contributed by atoms with Crippen LogP contribution in [0.2, 0.25) is 0 Å². The van der Waals surface area contributed by atoms with Crippen molar-refractivity contribution < 1.29 is 0 Å². The lowest BCUT2D eigenvalue weighted by Gasteiger charge is -2.23. The third kappa shape index (κ3) is 2.96. The van der Waals surface area contributed by atoms with Crippen LogP contribution in [0.15, 0.2) is 23.2 Å². The molecule has 0 saturated heterocycles. The van der Waals surface area contributed by atoms with Crippen LogP contribution < -0.4 is 0 Å². The van der Waals surface area contributed by atoms with E-state index in [4.69, 9.17) is 7.85 Å². The highest BCUT2D eigenvalue weighted by atomic mass is 14.2. The van der Waals surface area contributed by atoms with E-state index < -0.39 is 0 Å². The minimum Gasteiger partial charge on any atom is -0.0959 e. The van der Waals surface area contributed by atoms with Crippen molar-refractivity contribution in [3.05, 3.63) is 23.2 Å². The largest absolute Gasteiger partial charge is 0.114 e. The highest BCUT2D eigenvalue weighted by molar-refractivity contribution is 6.24. The Balaban J connectivity index is 4.67. The van der Waals surface area contributed by atoms with Crippen molar-refractivity contribution in [1.82, 2.24) is 0 Å². The second kappa shape index (κ2) is 3.29. The lowest BCUT2D eigenvalue weighted by atomic mass is 9.74. The van der Waals surface area contributed by atoms with E-state index in [0.29, 0.717) is 0 Å². The van der Waals surface area contributed by atoms with Gasteiger partial charge in [-0.05, 0) is 19.3 Å². The van der Waals surface area contributed by atoms with Crippen LogP contribution in [0.1, 0.15) is 34.6 Å². The SMILES string of the molecule is [B]C(C(=C)C(C)(C)C)=C(C)C. The molecule has 0 aliphatic heterocycles. The topological polar surface area (TPSA) is 0 Å². The van der Waals surface area contributed by atoms with Gasteiger partial charge in [0.1, 0.15) is 7.85 Å². The number of rotatable bonds is 1. The number of allylic oxidation sites excluding steroid dienone is 3. The summed E-state index contributed by atoms with van der Waals surface area (Å²) in [6.07, 6.45) is 0. The van der Waals surface area contributed by atoms with Gasteiger partial charge in [0.05, 0.1) is 0 Å². The Bertz CT molecular complexity index is 187. The molecule has 0 N–H and O–H groups in total. The molecule has 60 valence electrons. The van der Waals surface area contributed by atoms with Crippen molar-refractivity contribution in [3.8, 4) is 0 Å². The summed E-state index contributed by atoms with van der Waals surface area (Å²) in [5, 5.41) is 0. The maximum Gasteiger partial charge on any atom is 0.114 e. The van der Waals surface area contributed by atoms with E-state index in [0.717, 1.165) is 16.6 Å². The Morgan fingerprint density at radius 1 is 1.18 bits per heavy atom. The Morgan fingerprint density at radius 3 is 1.64 bits per heavy atom. The van der Waals surface area contributed by atoms with Crippen molar-refractivity contribution in [2.45, 2.75) is 34.6 Å². The van der Waals surface area contributed by atoms with Crippen molar-refractivity contribution >= 4 is 7.85 Å². The summed E-state index contributed by atoms with van der Waals surface area (Å²) in [6.45, 7) is 14.3. The van der Waals surface area contributed by atoms with Crippen LogP contribution in [0.4, 0.5) is 0 Å². The van der Waals surface area contributed by atoms with Gasteiger partial charge in [-0.3, -0.25) is 0 Å². The molecule has 0 bridgehead atoms. The van der Waals surface area contributed by atoms with Crippen LogP contribution in [0, 0.1) is 5.41 Å². The molecule has 0 aliphatic rings. The first kappa shape index (κ1) is 10.5. The molecular weight excluding hydrogens is 131 g/mol. The summed E-state index contributed by atoms with van der Waals surface area (Å²) in [7, 11) is 5.83. The molecule has 0 nitrogen and oxygen atoms in total. The summed E-state index contributed by atoms with van der Waals surface area (Å²) in [5.41, 5.74) is 3.10. The molecule has 11 heavy (non-hydrogen) atoms. The Labute approximate surface area is 71.8 Å². The summed E-state index contributed by atoms with van der Waals surface area (Å²) in [5.74, 6) is 0. The highest BCUT2D eigenvalue weighted by Crippen LogP contribution is 2.29. The van der Waals surface area contributed by atoms with Crippen LogP contribution >= 0.6 is 0 Å². The summed E-state index contributed by atoms with van der Waals surface area (Å²) in [4.78, 5) is 0. The first-order valence-corrected chi connectivity index (χ1v) is 3.89.